The molecule has 0 aliphatic carbocycles. The van der Waals surface area contributed by atoms with Crippen LogP contribution in [0.1, 0.15) is 12.5 Å². The molecule has 2 aromatic rings. The first kappa shape index (κ1) is 16.7. The Morgan fingerprint density at radius 3 is 1.92 bits per heavy atom. The first-order valence-electron chi connectivity index (χ1n) is 8.18. The second-order valence-electron chi connectivity index (χ2n) is 5.87. The van der Waals surface area contributed by atoms with Gasteiger partial charge in [0.25, 0.3) is 0 Å². The van der Waals surface area contributed by atoms with Crippen LogP contribution in [-0.4, -0.2) is 37.0 Å². The van der Waals surface area contributed by atoms with Crippen molar-refractivity contribution in [3.63, 3.8) is 0 Å². The Hall–Kier alpha value is -3.20. The smallest absolute Gasteiger partial charge is 0.219 e. The molecule has 1 saturated heterocycles. The van der Waals surface area contributed by atoms with Crippen molar-refractivity contribution in [1.29, 1.82) is 5.26 Å². The predicted molar refractivity (Wildman–Crippen MR) is 96.2 cm³/mol. The molecule has 1 aliphatic rings. The van der Waals surface area contributed by atoms with Gasteiger partial charge in [0.1, 0.15) is 0 Å². The van der Waals surface area contributed by atoms with E-state index >= 15 is 0 Å². The lowest BCUT2D eigenvalue weighted by Crippen LogP contribution is -2.48. The number of piperazine rings is 1. The summed E-state index contributed by atoms with van der Waals surface area (Å²) in [7, 11) is 0. The van der Waals surface area contributed by atoms with E-state index in [1.54, 1.807) is 31.2 Å². The standard InChI is InChI=1S/C19H19N5O/c1-15(25)23-10-12-24(13-11-23)19-8-6-18(7-9-19)22-21-17-4-2-16(14-20)3-5-17/h2-9H,10-13H2,1H3. The fourth-order valence-electron chi connectivity index (χ4n) is 2.73. The van der Waals surface area contributed by atoms with E-state index in [1.807, 2.05) is 29.2 Å². The molecular formula is C19H19N5O. The fourth-order valence-corrected chi connectivity index (χ4v) is 2.73. The van der Waals surface area contributed by atoms with Crippen LogP contribution in [-0.2, 0) is 4.79 Å². The van der Waals surface area contributed by atoms with Gasteiger partial charge >= 0.3 is 0 Å². The molecule has 0 saturated carbocycles. The van der Waals surface area contributed by atoms with Crippen LogP contribution in [0.2, 0.25) is 0 Å². The molecule has 3 rings (SSSR count). The highest BCUT2D eigenvalue weighted by molar-refractivity contribution is 5.73. The Morgan fingerprint density at radius 1 is 0.920 bits per heavy atom. The lowest BCUT2D eigenvalue weighted by atomic mass is 10.2. The van der Waals surface area contributed by atoms with E-state index in [1.165, 1.54) is 0 Å². The molecule has 1 fully saturated rings. The number of amides is 1. The van der Waals surface area contributed by atoms with Gasteiger partial charge in [0.2, 0.25) is 5.91 Å². The van der Waals surface area contributed by atoms with Crippen LogP contribution < -0.4 is 4.90 Å². The second-order valence-corrected chi connectivity index (χ2v) is 5.87. The Bertz CT molecular complexity index is 797. The number of rotatable bonds is 3. The maximum atomic E-state index is 11.4. The Balaban J connectivity index is 1.61. The van der Waals surface area contributed by atoms with E-state index in [9.17, 15) is 4.79 Å². The third kappa shape index (κ3) is 4.21. The van der Waals surface area contributed by atoms with Crippen LogP contribution in [0.4, 0.5) is 17.1 Å². The lowest BCUT2D eigenvalue weighted by molar-refractivity contribution is -0.129. The summed E-state index contributed by atoms with van der Waals surface area (Å²) in [4.78, 5) is 15.5. The summed E-state index contributed by atoms with van der Waals surface area (Å²) in [5.74, 6) is 0.137. The van der Waals surface area contributed by atoms with E-state index in [0.717, 1.165) is 37.6 Å². The molecule has 0 bridgehead atoms. The molecule has 0 spiro atoms. The summed E-state index contributed by atoms with van der Waals surface area (Å²) in [5, 5.41) is 17.2. The highest BCUT2D eigenvalue weighted by atomic mass is 16.2. The number of nitrogens with zero attached hydrogens (tertiary/aromatic N) is 5. The van der Waals surface area contributed by atoms with Gasteiger partial charge in [-0.15, -0.1) is 0 Å². The Kier molecular flexibility index (Phi) is 5.05. The third-order valence-electron chi connectivity index (χ3n) is 4.22. The SMILES string of the molecule is CC(=O)N1CCN(c2ccc(N=Nc3ccc(C#N)cc3)cc2)CC1. The molecule has 0 radical (unpaired) electrons. The van der Waals surface area contributed by atoms with E-state index < -0.39 is 0 Å². The maximum absolute atomic E-state index is 11.4. The van der Waals surface area contributed by atoms with Crippen molar-refractivity contribution in [1.82, 2.24) is 4.90 Å². The van der Waals surface area contributed by atoms with Crippen LogP contribution in [0.25, 0.3) is 0 Å². The molecule has 0 aromatic heterocycles. The monoisotopic (exact) mass is 333 g/mol. The van der Waals surface area contributed by atoms with E-state index in [4.69, 9.17) is 5.26 Å². The molecule has 0 atom stereocenters. The average molecular weight is 333 g/mol. The molecule has 2 aromatic carbocycles. The molecular weight excluding hydrogens is 314 g/mol. The van der Waals surface area contributed by atoms with Crippen molar-refractivity contribution < 1.29 is 4.79 Å². The molecule has 126 valence electrons. The molecule has 6 nitrogen and oxygen atoms in total. The topological polar surface area (TPSA) is 72.1 Å². The number of carbonyl (C=O) groups excluding carboxylic acids is 1. The summed E-state index contributed by atoms with van der Waals surface area (Å²) in [6.45, 7) is 4.81. The summed E-state index contributed by atoms with van der Waals surface area (Å²) in [5.41, 5.74) is 3.22. The highest BCUT2D eigenvalue weighted by Gasteiger charge is 2.18. The highest BCUT2D eigenvalue weighted by Crippen LogP contribution is 2.23. The Labute approximate surface area is 147 Å². The minimum Gasteiger partial charge on any atom is -0.368 e. The average Bonchev–Trinajstić information content (AvgIpc) is 2.67. The van der Waals surface area contributed by atoms with Crippen LogP contribution in [0.3, 0.4) is 0 Å². The number of anilines is 1. The van der Waals surface area contributed by atoms with Gasteiger partial charge < -0.3 is 9.80 Å². The van der Waals surface area contributed by atoms with Crippen LogP contribution in [0, 0.1) is 11.3 Å². The van der Waals surface area contributed by atoms with Gasteiger partial charge in [0.15, 0.2) is 0 Å². The molecule has 1 aliphatic heterocycles. The van der Waals surface area contributed by atoms with Gasteiger partial charge in [-0.1, -0.05) is 0 Å². The summed E-state index contributed by atoms with van der Waals surface area (Å²) in [6.07, 6.45) is 0. The predicted octanol–water partition coefficient (Wildman–Crippen LogP) is 3.64. The molecule has 6 heteroatoms. The minimum atomic E-state index is 0.137. The van der Waals surface area contributed by atoms with E-state index in [-0.39, 0.29) is 5.91 Å². The molecule has 25 heavy (non-hydrogen) atoms. The number of carbonyl (C=O) groups is 1. The van der Waals surface area contributed by atoms with Crippen LogP contribution in [0.5, 0.6) is 0 Å². The van der Waals surface area contributed by atoms with Crippen molar-refractivity contribution in [3.8, 4) is 6.07 Å². The largest absolute Gasteiger partial charge is 0.368 e. The second kappa shape index (κ2) is 7.58. The molecule has 0 unspecified atom stereocenters. The van der Waals surface area contributed by atoms with Gasteiger partial charge in [-0.2, -0.15) is 15.5 Å². The van der Waals surface area contributed by atoms with Crippen molar-refractivity contribution in [2.24, 2.45) is 10.2 Å². The zero-order valence-electron chi connectivity index (χ0n) is 14.1. The normalized spacial score (nSPS) is 14.6. The first-order valence-corrected chi connectivity index (χ1v) is 8.18. The van der Waals surface area contributed by atoms with E-state index in [0.29, 0.717) is 11.3 Å². The number of benzene rings is 2. The van der Waals surface area contributed by atoms with Crippen molar-refractivity contribution in [2.75, 3.05) is 31.1 Å². The Morgan fingerprint density at radius 2 is 1.44 bits per heavy atom. The number of hydrogen-bond acceptors (Lipinski definition) is 5. The zero-order valence-corrected chi connectivity index (χ0v) is 14.1. The number of hydrogen-bond donors (Lipinski definition) is 0. The molecule has 1 heterocycles. The van der Waals surface area contributed by atoms with Gasteiger partial charge in [-0.05, 0) is 48.5 Å². The van der Waals surface area contributed by atoms with Crippen LogP contribution in [0.15, 0.2) is 58.8 Å². The first-order chi connectivity index (χ1) is 12.2. The van der Waals surface area contributed by atoms with Crippen molar-refractivity contribution in [3.05, 3.63) is 54.1 Å². The van der Waals surface area contributed by atoms with Crippen molar-refractivity contribution >= 4 is 23.0 Å². The summed E-state index contributed by atoms with van der Waals surface area (Å²) >= 11 is 0. The molecule has 0 N–H and O–H groups in total. The van der Waals surface area contributed by atoms with Gasteiger partial charge in [0.05, 0.1) is 23.0 Å². The zero-order chi connectivity index (χ0) is 17.6. The van der Waals surface area contributed by atoms with Crippen LogP contribution >= 0.6 is 0 Å². The van der Waals surface area contributed by atoms with Gasteiger partial charge in [-0.25, -0.2) is 0 Å². The number of nitriles is 1. The quantitative estimate of drug-likeness (QED) is 0.805. The minimum absolute atomic E-state index is 0.137. The maximum Gasteiger partial charge on any atom is 0.219 e. The number of azo groups is 1. The van der Waals surface area contributed by atoms with E-state index in [2.05, 4.69) is 21.2 Å². The summed E-state index contributed by atoms with van der Waals surface area (Å²) < 4.78 is 0. The van der Waals surface area contributed by atoms with Gasteiger partial charge in [0, 0.05) is 38.8 Å². The van der Waals surface area contributed by atoms with Gasteiger partial charge in [-0.3, -0.25) is 4.79 Å². The summed E-state index contributed by atoms with van der Waals surface area (Å²) in [6, 6.07) is 17.0. The van der Waals surface area contributed by atoms with Crippen molar-refractivity contribution in [2.45, 2.75) is 6.92 Å². The fraction of sp³-hybridized carbons (Fsp3) is 0.263. The lowest BCUT2D eigenvalue weighted by Gasteiger charge is -2.35. The third-order valence-corrected chi connectivity index (χ3v) is 4.22. The molecule has 1 amide bonds.